The maximum atomic E-state index is 12.4. The van der Waals surface area contributed by atoms with Gasteiger partial charge in [-0.2, -0.15) is 0 Å². The molecule has 0 amide bonds. The van der Waals surface area contributed by atoms with Gasteiger partial charge in [0.05, 0.1) is 14.2 Å². The van der Waals surface area contributed by atoms with E-state index in [1.54, 1.807) is 19.9 Å². The van der Waals surface area contributed by atoms with E-state index in [9.17, 15) is 8.42 Å². The Morgan fingerprint density at radius 3 is 2.40 bits per heavy atom. The molecule has 0 saturated heterocycles. The van der Waals surface area contributed by atoms with Gasteiger partial charge in [-0.05, 0) is 32.4 Å². The Hall–Kier alpha value is -1.31. The minimum absolute atomic E-state index is 0.0341. The number of sulfonamides is 1. The van der Waals surface area contributed by atoms with Crippen molar-refractivity contribution in [1.29, 1.82) is 0 Å². The molecule has 0 heterocycles. The van der Waals surface area contributed by atoms with Gasteiger partial charge >= 0.3 is 0 Å². The van der Waals surface area contributed by atoms with Crippen LogP contribution in [0.25, 0.3) is 0 Å². The molecule has 1 aromatic rings. The molecule has 0 fully saturated rings. The summed E-state index contributed by atoms with van der Waals surface area (Å²) in [5, 5.41) is 8.96. The third-order valence-corrected chi connectivity index (χ3v) is 4.55. The monoisotopic (exact) mass is 303 g/mol. The van der Waals surface area contributed by atoms with Gasteiger partial charge in [-0.1, -0.05) is 0 Å². The van der Waals surface area contributed by atoms with Crippen molar-refractivity contribution < 1.29 is 23.0 Å². The number of ether oxygens (including phenoxy) is 2. The highest BCUT2D eigenvalue weighted by atomic mass is 32.2. The predicted octanol–water partition coefficient (Wildman–Crippen LogP) is 1.14. The van der Waals surface area contributed by atoms with Gasteiger partial charge in [0.1, 0.15) is 16.4 Å². The van der Waals surface area contributed by atoms with Crippen molar-refractivity contribution in [3.63, 3.8) is 0 Å². The molecule has 0 aromatic heterocycles. The summed E-state index contributed by atoms with van der Waals surface area (Å²) in [6.45, 7) is 3.31. The van der Waals surface area contributed by atoms with Crippen molar-refractivity contribution in [2.24, 2.45) is 0 Å². The van der Waals surface area contributed by atoms with Crippen LogP contribution >= 0.6 is 0 Å². The molecule has 0 aliphatic heterocycles. The van der Waals surface area contributed by atoms with Gasteiger partial charge in [0.15, 0.2) is 0 Å². The smallest absolute Gasteiger partial charge is 0.244 e. The predicted molar refractivity (Wildman–Crippen MR) is 75.6 cm³/mol. The lowest BCUT2D eigenvalue weighted by atomic mass is 10.0. The van der Waals surface area contributed by atoms with E-state index in [1.165, 1.54) is 26.4 Å². The standard InChI is InChI=1S/C13H21NO5S/c1-13(2,7-8-15)14-20(16,17)12-6-5-10(18-3)9-11(12)19-4/h5-6,9,14-15H,7-8H2,1-4H3. The second-order valence-electron chi connectivity index (χ2n) is 4.98. The minimum atomic E-state index is -3.75. The first-order valence-electron chi connectivity index (χ1n) is 6.12. The van der Waals surface area contributed by atoms with E-state index in [-0.39, 0.29) is 17.3 Å². The first-order chi connectivity index (χ1) is 9.25. The molecule has 6 nitrogen and oxygen atoms in total. The van der Waals surface area contributed by atoms with Crippen LogP contribution < -0.4 is 14.2 Å². The first kappa shape index (κ1) is 16.7. The molecule has 0 atom stereocenters. The van der Waals surface area contributed by atoms with Crippen LogP contribution in [-0.2, 0) is 10.0 Å². The third kappa shape index (κ3) is 4.09. The van der Waals surface area contributed by atoms with Crippen molar-refractivity contribution in [1.82, 2.24) is 4.72 Å². The molecule has 1 aromatic carbocycles. The van der Waals surface area contributed by atoms with Gasteiger partial charge in [-0.25, -0.2) is 13.1 Å². The fraction of sp³-hybridized carbons (Fsp3) is 0.538. The average molecular weight is 303 g/mol. The summed E-state index contributed by atoms with van der Waals surface area (Å²) in [5.41, 5.74) is -0.751. The molecule has 0 aliphatic carbocycles. The highest BCUT2D eigenvalue weighted by Crippen LogP contribution is 2.29. The number of aliphatic hydroxyl groups is 1. The van der Waals surface area contributed by atoms with Crippen LogP contribution in [0.4, 0.5) is 0 Å². The van der Waals surface area contributed by atoms with Crippen LogP contribution in [0, 0.1) is 0 Å². The van der Waals surface area contributed by atoms with E-state index >= 15 is 0 Å². The van der Waals surface area contributed by atoms with Crippen molar-refractivity contribution in [2.75, 3.05) is 20.8 Å². The Labute approximate surface area is 119 Å². The second-order valence-corrected chi connectivity index (χ2v) is 6.63. The van der Waals surface area contributed by atoms with Gasteiger partial charge in [0.25, 0.3) is 0 Å². The highest BCUT2D eigenvalue weighted by Gasteiger charge is 2.28. The van der Waals surface area contributed by atoms with E-state index in [4.69, 9.17) is 14.6 Å². The third-order valence-electron chi connectivity index (χ3n) is 2.81. The Kier molecular flexibility index (Phi) is 5.38. The minimum Gasteiger partial charge on any atom is -0.497 e. The van der Waals surface area contributed by atoms with Crippen LogP contribution in [0.1, 0.15) is 20.3 Å². The van der Waals surface area contributed by atoms with Crippen molar-refractivity contribution in [3.05, 3.63) is 18.2 Å². The Morgan fingerprint density at radius 2 is 1.90 bits per heavy atom. The topological polar surface area (TPSA) is 84.9 Å². The lowest BCUT2D eigenvalue weighted by Gasteiger charge is -2.25. The summed E-state index contributed by atoms with van der Waals surface area (Å²) in [5.74, 6) is 0.715. The highest BCUT2D eigenvalue weighted by molar-refractivity contribution is 7.89. The van der Waals surface area contributed by atoms with E-state index < -0.39 is 15.6 Å². The van der Waals surface area contributed by atoms with Crippen molar-refractivity contribution >= 4 is 10.0 Å². The molecular weight excluding hydrogens is 282 g/mol. The number of benzene rings is 1. The van der Waals surface area contributed by atoms with Crippen molar-refractivity contribution in [2.45, 2.75) is 30.7 Å². The Bertz CT molecular complexity index is 554. The molecular formula is C13H21NO5S. The molecule has 0 aliphatic rings. The van der Waals surface area contributed by atoms with Gasteiger partial charge in [0, 0.05) is 18.2 Å². The molecule has 0 radical (unpaired) electrons. The molecule has 0 unspecified atom stereocenters. The van der Waals surface area contributed by atoms with Gasteiger partial charge in [-0.15, -0.1) is 0 Å². The second kappa shape index (κ2) is 6.43. The quantitative estimate of drug-likeness (QED) is 0.789. The van der Waals surface area contributed by atoms with Crippen LogP contribution in [0.3, 0.4) is 0 Å². The average Bonchev–Trinajstić information content (AvgIpc) is 2.36. The first-order valence-corrected chi connectivity index (χ1v) is 7.61. The lowest BCUT2D eigenvalue weighted by Crippen LogP contribution is -2.43. The zero-order chi connectivity index (χ0) is 15.4. The summed E-state index contributed by atoms with van der Waals surface area (Å²) in [6.07, 6.45) is 0.310. The van der Waals surface area contributed by atoms with Gasteiger partial charge in [0.2, 0.25) is 10.0 Å². The molecule has 2 N–H and O–H groups in total. The van der Waals surface area contributed by atoms with E-state index in [1.807, 2.05) is 0 Å². The Morgan fingerprint density at radius 1 is 1.25 bits per heavy atom. The summed E-state index contributed by atoms with van der Waals surface area (Å²) in [7, 11) is -0.862. The Balaban J connectivity index is 3.15. The molecule has 20 heavy (non-hydrogen) atoms. The molecule has 1 rings (SSSR count). The summed E-state index contributed by atoms with van der Waals surface area (Å²) >= 11 is 0. The summed E-state index contributed by atoms with van der Waals surface area (Å²) < 4.78 is 37.5. The fourth-order valence-corrected chi connectivity index (χ4v) is 3.34. The molecule has 0 spiro atoms. The van der Waals surface area contributed by atoms with Crippen LogP contribution in [0.5, 0.6) is 11.5 Å². The van der Waals surface area contributed by atoms with Gasteiger partial charge in [-0.3, -0.25) is 0 Å². The maximum absolute atomic E-state index is 12.4. The summed E-state index contributed by atoms with van der Waals surface area (Å²) in [6, 6.07) is 4.48. The van der Waals surface area contributed by atoms with Gasteiger partial charge < -0.3 is 14.6 Å². The number of hydrogen-bond donors (Lipinski definition) is 2. The number of nitrogens with one attached hydrogen (secondary N) is 1. The van der Waals surface area contributed by atoms with Crippen LogP contribution in [0.15, 0.2) is 23.1 Å². The molecule has 7 heteroatoms. The number of methoxy groups -OCH3 is 2. The normalized spacial score (nSPS) is 12.2. The number of rotatable bonds is 7. The maximum Gasteiger partial charge on any atom is 0.244 e. The SMILES string of the molecule is COc1ccc(S(=O)(=O)NC(C)(C)CCO)c(OC)c1. The van der Waals surface area contributed by atoms with E-state index in [2.05, 4.69) is 4.72 Å². The fourth-order valence-electron chi connectivity index (χ4n) is 1.75. The largest absolute Gasteiger partial charge is 0.497 e. The summed E-state index contributed by atoms with van der Waals surface area (Å²) in [4.78, 5) is 0.0341. The van der Waals surface area contributed by atoms with E-state index in [0.29, 0.717) is 12.2 Å². The van der Waals surface area contributed by atoms with Crippen molar-refractivity contribution in [3.8, 4) is 11.5 Å². The number of aliphatic hydroxyl groups excluding tert-OH is 1. The molecule has 0 bridgehead atoms. The lowest BCUT2D eigenvalue weighted by molar-refractivity contribution is 0.245. The number of hydrogen-bond acceptors (Lipinski definition) is 5. The van der Waals surface area contributed by atoms with Crippen LogP contribution in [-0.4, -0.2) is 39.9 Å². The molecule has 114 valence electrons. The molecule has 0 saturated carbocycles. The zero-order valence-electron chi connectivity index (χ0n) is 12.1. The van der Waals surface area contributed by atoms with Crippen LogP contribution in [0.2, 0.25) is 0 Å². The zero-order valence-corrected chi connectivity index (χ0v) is 13.0. The van der Waals surface area contributed by atoms with E-state index in [0.717, 1.165) is 0 Å².